The lowest BCUT2D eigenvalue weighted by Gasteiger charge is -2.08. The molecule has 0 aliphatic rings. The number of fused-ring (bicyclic) bond motifs is 1. The fourth-order valence-corrected chi connectivity index (χ4v) is 2.16. The average Bonchev–Trinajstić information content (AvgIpc) is 2.54. The van der Waals surface area contributed by atoms with Crippen LogP contribution in [-0.4, -0.2) is 18.0 Å². The number of aromatic nitrogens is 1. The van der Waals surface area contributed by atoms with Gasteiger partial charge in [0.15, 0.2) is 11.6 Å². The lowest BCUT2D eigenvalue weighted by molar-refractivity contribution is 0.102. The van der Waals surface area contributed by atoms with E-state index in [9.17, 15) is 9.18 Å². The van der Waals surface area contributed by atoms with Crippen molar-refractivity contribution < 1.29 is 13.9 Å². The zero-order valence-electron chi connectivity index (χ0n) is 11.8. The molecule has 0 fully saturated rings. The van der Waals surface area contributed by atoms with Gasteiger partial charge in [-0.15, -0.1) is 0 Å². The summed E-state index contributed by atoms with van der Waals surface area (Å²) in [5.41, 5.74) is 1.70. The summed E-state index contributed by atoms with van der Waals surface area (Å²) in [6, 6.07) is 13.2. The lowest BCUT2D eigenvalue weighted by atomic mass is 10.1. The highest BCUT2D eigenvalue weighted by Crippen LogP contribution is 2.20. The fraction of sp³-hybridized carbons (Fsp3) is 0.0588. The van der Waals surface area contributed by atoms with Crippen LogP contribution in [0.4, 0.5) is 10.1 Å². The zero-order valence-corrected chi connectivity index (χ0v) is 11.8. The first-order valence-electron chi connectivity index (χ1n) is 6.67. The van der Waals surface area contributed by atoms with Gasteiger partial charge in [0, 0.05) is 22.8 Å². The minimum absolute atomic E-state index is 0.105. The first-order chi connectivity index (χ1) is 10.7. The third kappa shape index (κ3) is 2.74. The number of carbonyl (C=O) groups excluding carboxylic acids is 1. The van der Waals surface area contributed by atoms with Crippen molar-refractivity contribution in [2.75, 3.05) is 12.4 Å². The van der Waals surface area contributed by atoms with E-state index in [0.717, 1.165) is 17.0 Å². The SMILES string of the molecule is COc1ccc(C(=O)Nc2ccc3ncccc3c2)cc1F. The molecule has 1 aromatic heterocycles. The number of carbonyl (C=O) groups is 1. The highest BCUT2D eigenvalue weighted by atomic mass is 19.1. The van der Waals surface area contributed by atoms with E-state index in [4.69, 9.17) is 4.74 Å². The minimum atomic E-state index is -0.571. The predicted octanol–water partition coefficient (Wildman–Crippen LogP) is 3.63. The van der Waals surface area contributed by atoms with Crippen LogP contribution in [0.1, 0.15) is 10.4 Å². The first-order valence-corrected chi connectivity index (χ1v) is 6.67. The van der Waals surface area contributed by atoms with Crippen LogP contribution in [0.25, 0.3) is 10.9 Å². The Kier molecular flexibility index (Phi) is 3.70. The van der Waals surface area contributed by atoms with Gasteiger partial charge in [0.05, 0.1) is 12.6 Å². The second-order valence-corrected chi connectivity index (χ2v) is 4.71. The molecule has 0 saturated heterocycles. The van der Waals surface area contributed by atoms with Crippen LogP contribution in [0.2, 0.25) is 0 Å². The molecule has 0 atom stereocenters. The molecule has 0 unspecified atom stereocenters. The average molecular weight is 296 g/mol. The molecule has 0 aliphatic heterocycles. The van der Waals surface area contributed by atoms with Gasteiger partial charge in [-0.1, -0.05) is 6.07 Å². The van der Waals surface area contributed by atoms with Gasteiger partial charge in [-0.25, -0.2) is 4.39 Å². The normalized spacial score (nSPS) is 10.5. The van der Waals surface area contributed by atoms with Gasteiger partial charge >= 0.3 is 0 Å². The van der Waals surface area contributed by atoms with E-state index in [2.05, 4.69) is 10.3 Å². The van der Waals surface area contributed by atoms with Crippen molar-refractivity contribution in [1.82, 2.24) is 4.98 Å². The minimum Gasteiger partial charge on any atom is -0.494 e. The van der Waals surface area contributed by atoms with E-state index in [1.54, 1.807) is 12.3 Å². The Balaban J connectivity index is 1.84. The predicted molar refractivity (Wildman–Crippen MR) is 82.6 cm³/mol. The molecule has 1 heterocycles. The Morgan fingerprint density at radius 1 is 1.18 bits per heavy atom. The summed E-state index contributed by atoms with van der Waals surface area (Å²) in [6.07, 6.45) is 1.71. The second-order valence-electron chi connectivity index (χ2n) is 4.71. The van der Waals surface area contributed by atoms with Crippen LogP contribution < -0.4 is 10.1 Å². The van der Waals surface area contributed by atoms with Crippen LogP contribution in [-0.2, 0) is 0 Å². The van der Waals surface area contributed by atoms with E-state index in [1.165, 1.54) is 19.2 Å². The summed E-state index contributed by atoms with van der Waals surface area (Å²) < 4.78 is 18.5. The largest absolute Gasteiger partial charge is 0.494 e. The monoisotopic (exact) mass is 296 g/mol. The van der Waals surface area contributed by atoms with E-state index < -0.39 is 5.82 Å². The number of ether oxygens (including phenoxy) is 1. The summed E-state index contributed by atoms with van der Waals surface area (Å²) in [6.45, 7) is 0. The molecule has 3 rings (SSSR count). The Hall–Kier alpha value is -2.95. The molecule has 22 heavy (non-hydrogen) atoms. The number of anilines is 1. The summed E-state index contributed by atoms with van der Waals surface area (Å²) in [7, 11) is 1.38. The van der Waals surface area contributed by atoms with Crippen molar-refractivity contribution in [3.63, 3.8) is 0 Å². The summed E-state index contributed by atoms with van der Waals surface area (Å²) in [5, 5.41) is 3.66. The van der Waals surface area contributed by atoms with Gasteiger partial charge in [-0.2, -0.15) is 0 Å². The van der Waals surface area contributed by atoms with E-state index >= 15 is 0 Å². The Labute approximate surface area is 126 Å². The van der Waals surface area contributed by atoms with Crippen molar-refractivity contribution in [1.29, 1.82) is 0 Å². The number of amides is 1. The third-order valence-corrected chi connectivity index (χ3v) is 3.27. The summed E-state index contributed by atoms with van der Waals surface area (Å²) >= 11 is 0. The topological polar surface area (TPSA) is 51.2 Å². The molecule has 1 amide bonds. The van der Waals surface area contributed by atoms with E-state index in [1.807, 2.05) is 24.3 Å². The highest BCUT2D eigenvalue weighted by Gasteiger charge is 2.10. The van der Waals surface area contributed by atoms with Crippen LogP contribution >= 0.6 is 0 Å². The molecule has 110 valence electrons. The van der Waals surface area contributed by atoms with Crippen molar-refractivity contribution in [3.05, 3.63) is 66.1 Å². The molecule has 0 aliphatic carbocycles. The third-order valence-electron chi connectivity index (χ3n) is 3.27. The van der Waals surface area contributed by atoms with Crippen LogP contribution in [0.3, 0.4) is 0 Å². The number of hydrogen-bond acceptors (Lipinski definition) is 3. The standard InChI is InChI=1S/C17H13FN2O2/c1-22-16-7-4-12(10-14(16)18)17(21)20-13-5-6-15-11(9-13)3-2-8-19-15/h2-10H,1H3,(H,20,21). The highest BCUT2D eigenvalue weighted by molar-refractivity contribution is 6.05. The summed E-state index contributed by atoms with van der Waals surface area (Å²) in [5.74, 6) is -0.851. The molecule has 0 saturated carbocycles. The number of pyridine rings is 1. The molecule has 3 aromatic rings. The van der Waals surface area contributed by atoms with Crippen molar-refractivity contribution in [2.45, 2.75) is 0 Å². The molecule has 4 nitrogen and oxygen atoms in total. The Morgan fingerprint density at radius 3 is 2.82 bits per heavy atom. The smallest absolute Gasteiger partial charge is 0.255 e. The van der Waals surface area contributed by atoms with Crippen molar-refractivity contribution in [2.24, 2.45) is 0 Å². The number of hydrogen-bond donors (Lipinski definition) is 1. The number of halogens is 1. The van der Waals surface area contributed by atoms with Gasteiger partial charge in [-0.3, -0.25) is 9.78 Å². The number of rotatable bonds is 3. The van der Waals surface area contributed by atoms with Gasteiger partial charge in [0.1, 0.15) is 0 Å². The molecule has 1 N–H and O–H groups in total. The van der Waals surface area contributed by atoms with Crippen molar-refractivity contribution >= 4 is 22.5 Å². The maximum absolute atomic E-state index is 13.6. The van der Waals surface area contributed by atoms with Crippen molar-refractivity contribution in [3.8, 4) is 5.75 Å². The molecular weight excluding hydrogens is 283 g/mol. The van der Waals surface area contributed by atoms with E-state index in [-0.39, 0.29) is 17.2 Å². The van der Waals surface area contributed by atoms with Crippen LogP contribution in [0.15, 0.2) is 54.7 Å². The molecule has 0 radical (unpaired) electrons. The number of methoxy groups -OCH3 is 1. The molecule has 0 spiro atoms. The quantitative estimate of drug-likeness (QED) is 0.803. The number of nitrogens with one attached hydrogen (secondary N) is 1. The zero-order chi connectivity index (χ0) is 15.5. The van der Waals surface area contributed by atoms with Crippen LogP contribution in [0, 0.1) is 5.82 Å². The number of nitrogens with zero attached hydrogens (tertiary/aromatic N) is 1. The molecule has 2 aromatic carbocycles. The molecular formula is C17H13FN2O2. The number of benzene rings is 2. The second kappa shape index (κ2) is 5.81. The Morgan fingerprint density at radius 2 is 2.05 bits per heavy atom. The fourth-order valence-electron chi connectivity index (χ4n) is 2.16. The maximum Gasteiger partial charge on any atom is 0.255 e. The van der Waals surface area contributed by atoms with E-state index in [0.29, 0.717) is 5.69 Å². The summed E-state index contributed by atoms with van der Waals surface area (Å²) in [4.78, 5) is 16.4. The molecule has 0 bridgehead atoms. The molecule has 5 heteroatoms. The van der Waals surface area contributed by atoms with Crippen LogP contribution in [0.5, 0.6) is 5.75 Å². The maximum atomic E-state index is 13.6. The van der Waals surface area contributed by atoms with Gasteiger partial charge in [-0.05, 0) is 42.5 Å². The van der Waals surface area contributed by atoms with Gasteiger partial charge in [0.2, 0.25) is 0 Å². The van der Waals surface area contributed by atoms with Gasteiger partial charge in [0.25, 0.3) is 5.91 Å². The first kappa shape index (κ1) is 14.0. The van der Waals surface area contributed by atoms with Gasteiger partial charge < -0.3 is 10.1 Å². The Bertz CT molecular complexity index is 849. The lowest BCUT2D eigenvalue weighted by Crippen LogP contribution is -2.12.